The molecular formula is C13H19FN2. The summed E-state index contributed by atoms with van der Waals surface area (Å²) in [5.41, 5.74) is 7.98. The van der Waals surface area contributed by atoms with Gasteiger partial charge >= 0.3 is 0 Å². The van der Waals surface area contributed by atoms with Crippen molar-refractivity contribution < 1.29 is 4.39 Å². The number of hydrogen-bond donors (Lipinski definition) is 1. The van der Waals surface area contributed by atoms with Crippen molar-refractivity contribution in [3.8, 4) is 0 Å². The average Bonchev–Trinajstić information content (AvgIpc) is 2.17. The van der Waals surface area contributed by atoms with Crippen molar-refractivity contribution in [2.75, 3.05) is 24.2 Å². The summed E-state index contributed by atoms with van der Waals surface area (Å²) >= 11 is 0. The minimum atomic E-state index is -0.224. The van der Waals surface area contributed by atoms with Gasteiger partial charge in [-0.25, -0.2) is 4.39 Å². The topological polar surface area (TPSA) is 29.3 Å². The molecule has 1 aliphatic carbocycles. The van der Waals surface area contributed by atoms with Gasteiger partial charge in [0, 0.05) is 13.6 Å². The van der Waals surface area contributed by atoms with Gasteiger partial charge in [0.05, 0.1) is 11.4 Å². The van der Waals surface area contributed by atoms with E-state index in [4.69, 9.17) is 5.73 Å². The first-order valence-corrected chi connectivity index (χ1v) is 5.84. The van der Waals surface area contributed by atoms with Crippen LogP contribution in [0.2, 0.25) is 0 Å². The summed E-state index contributed by atoms with van der Waals surface area (Å²) in [5.74, 6) is 0.563. The molecule has 0 radical (unpaired) electrons. The van der Waals surface area contributed by atoms with E-state index in [0.717, 1.165) is 18.2 Å². The van der Waals surface area contributed by atoms with E-state index in [9.17, 15) is 4.39 Å². The van der Waals surface area contributed by atoms with Gasteiger partial charge in [0.2, 0.25) is 0 Å². The van der Waals surface area contributed by atoms with Gasteiger partial charge < -0.3 is 10.6 Å². The van der Waals surface area contributed by atoms with Crippen LogP contribution in [0.5, 0.6) is 0 Å². The minimum Gasteiger partial charge on any atom is -0.397 e. The lowest BCUT2D eigenvalue weighted by molar-refractivity contribution is 0.321. The van der Waals surface area contributed by atoms with Crippen molar-refractivity contribution in [2.24, 2.45) is 5.92 Å². The van der Waals surface area contributed by atoms with Crippen LogP contribution in [0.25, 0.3) is 0 Å². The van der Waals surface area contributed by atoms with Gasteiger partial charge in [-0.05, 0) is 43.4 Å². The fraction of sp³-hybridized carbons (Fsp3) is 0.538. The van der Waals surface area contributed by atoms with Crippen LogP contribution in [0.3, 0.4) is 0 Å². The average molecular weight is 222 g/mol. The zero-order chi connectivity index (χ0) is 11.7. The number of nitrogens with two attached hydrogens (primary N) is 1. The summed E-state index contributed by atoms with van der Waals surface area (Å²) in [6, 6.07) is 3.26. The van der Waals surface area contributed by atoms with Crippen LogP contribution in [-0.2, 0) is 0 Å². The Kier molecular flexibility index (Phi) is 3.03. The summed E-state index contributed by atoms with van der Waals surface area (Å²) in [6.45, 7) is 2.80. The molecule has 3 heteroatoms. The molecule has 1 aromatic rings. The van der Waals surface area contributed by atoms with E-state index in [-0.39, 0.29) is 5.82 Å². The number of benzene rings is 1. The van der Waals surface area contributed by atoms with Crippen molar-refractivity contribution >= 4 is 11.4 Å². The van der Waals surface area contributed by atoms with Gasteiger partial charge in [-0.15, -0.1) is 0 Å². The van der Waals surface area contributed by atoms with E-state index in [1.165, 1.54) is 25.3 Å². The second-order valence-corrected chi connectivity index (χ2v) is 4.84. The highest BCUT2D eigenvalue weighted by molar-refractivity contribution is 5.68. The Hall–Kier alpha value is -1.25. The van der Waals surface area contributed by atoms with Crippen molar-refractivity contribution in [3.63, 3.8) is 0 Å². The largest absolute Gasteiger partial charge is 0.397 e. The van der Waals surface area contributed by atoms with Crippen LogP contribution in [0.4, 0.5) is 15.8 Å². The number of anilines is 2. The maximum atomic E-state index is 13.3. The summed E-state index contributed by atoms with van der Waals surface area (Å²) in [7, 11) is 2.03. The Balaban J connectivity index is 2.14. The summed E-state index contributed by atoms with van der Waals surface area (Å²) in [6.07, 6.45) is 3.96. The molecule has 16 heavy (non-hydrogen) atoms. The summed E-state index contributed by atoms with van der Waals surface area (Å²) in [5, 5.41) is 0. The third-order valence-electron chi connectivity index (χ3n) is 3.48. The molecule has 1 fully saturated rings. The SMILES string of the molecule is Cc1cc(N(C)CC2CCC2)c(N)cc1F. The molecule has 0 heterocycles. The van der Waals surface area contributed by atoms with Crippen molar-refractivity contribution in [1.29, 1.82) is 0 Å². The van der Waals surface area contributed by atoms with Crippen LogP contribution < -0.4 is 10.6 Å². The Bertz CT molecular complexity index is 386. The maximum Gasteiger partial charge on any atom is 0.128 e. The predicted octanol–water partition coefficient (Wildman–Crippen LogP) is 2.95. The number of rotatable bonds is 3. The Morgan fingerprint density at radius 3 is 2.69 bits per heavy atom. The molecule has 0 bridgehead atoms. The van der Waals surface area contributed by atoms with E-state index in [1.54, 1.807) is 6.92 Å². The van der Waals surface area contributed by atoms with Crippen LogP contribution in [0.15, 0.2) is 12.1 Å². The molecule has 2 N–H and O–H groups in total. The summed E-state index contributed by atoms with van der Waals surface area (Å²) < 4.78 is 13.3. The highest BCUT2D eigenvalue weighted by Gasteiger charge is 2.20. The number of nitrogens with zero attached hydrogens (tertiary/aromatic N) is 1. The monoisotopic (exact) mass is 222 g/mol. The molecule has 0 spiro atoms. The lowest BCUT2D eigenvalue weighted by Gasteiger charge is -2.32. The molecule has 0 atom stereocenters. The molecule has 2 nitrogen and oxygen atoms in total. The first-order chi connectivity index (χ1) is 7.58. The van der Waals surface area contributed by atoms with Crippen molar-refractivity contribution in [1.82, 2.24) is 0 Å². The molecule has 0 aromatic heterocycles. The fourth-order valence-electron chi connectivity index (χ4n) is 2.17. The van der Waals surface area contributed by atoms with E-state index in [1.807, 2.05) is 13.1 Å². The predicted molar refractivity (Wildman–Crippen MR) is 66.2 cm³/mol. The van der Waals surface area contributed by atoms with E-state index < -0.39 is 0 Å². The first-order valence-electron chi connectivity index (χ1n) is 5.84. The second kappa shape index (κ2) is 4.32. The number of aryl methyl sites for hydroxylation is 1. The van der Waals surface area contributed by atoms with Gasteiger partial charge in [-0.1, -0.05) is 6.42 Å². The highest BCUT2D eigenvalue weighted by Crippen LogP contribution is 2.31. The minimum absolute atomic E-state index is 0.224. The zero-order valence-electron chi connectivity index (χ0n) is 9.96. The molecule has 1 aliphatic rings. The Morgan fingerprint density at radius 1 is 1.44 bits per heavy atom. The third kappa shape index (κ3) is 2.13. The molecule has 88 valence electrons. The van der Waals surface area contributed by atoms with Gasteiger partial charge in [-0.2, -0.15) is 0 Å². The van der Waals surface area contributed by atoms with Crippen LogP contribution >= 0.6 is 0 Å². The van der Waals surface area contributed by atoms with Gasteiger partial charge in [0.1, 0.15) is 5.82 Å². The van der Waals surface area contributed by atoms with Gasteiger partial charge in [0.25, 0.3) is 0 Å². The second-order valence-electron chi connectivity index (χ2n) is 4.84. The maximum absolute atomic E-state index is 13.3. The molecule has 0 unspecified atom stereocenters. The lowest BCUT2D eigenvalue weighted by Crippen LogP contribution is -2.29. The quantitative estimate of drug-likeness (QED) is 0.797. The van der Waals surface area contributed by atoms with Crippen molar-refractivity contribution in [3.05, 3.63) is 23.5 Å². The Labute approximate surface area is 96.2 Å². The highest BCUT2D eigenvalue weighted by atomic mass is 19.1. The molecular weight excluding hydrogens is 203 g/mol. The van der Waals surface area contributed by atoms with E-state index in [0.29, 0.717) is 11.3 Å². The van der Waals surface area contributed by atoms with Gasteiger partial charge in [-0.3, -0.25) is 0 Å². The molecule has 0 amide bonds. The number of halogens is 1. The third-order valence-corrected chi connectivity index (χ3v) is 3.48. The molecule has 0 saturated heterocycles. The van der Waals surface area contributed by atoms with Crippen LogP contribution in [0, 0.1) is 18.7 Å². The number of hydrogen-bond acceptors (Lipinski definition) is 2. The number of nitrogen functional groups attached to an aromatic ring is 1. The Morgan fingerprint density at radius 2 is 2.12 bits per heavy atom. The fourth-order valence-corrected chi connectivity index (χ4v) is 2.17. The smallest absolute Gasteiger partial charge is 0.128 e. The molecule has 2 rings (SSSR count). The summed E-state index contributed by atoms with van der Waals surface area (Å²) in [4.78, 5) is 2.14. The van der Waals surface area contributed by atoms with E-state index in [2.05, 4.69) is 4.90 Å². The standard InChI is InChI=1S/C13H19FN2/c1-9-6-13(12(15)7-11(9)14)16(2)8-10-4-3-5-10/h6-7,10H,3-5,8,15H2,1-2H3. The van der Waals surface area contributed by atoms with Gasteiger partial charge in [0.15, 0.2) is 0 Å². The van der Waals surface area contributed by atoms with Crippen LogP contribution in [-0.4, -0.2) is 13.6 Å². The molecule has 0 aliphatic heterocycles. The van der Waals surface area contributed by atoms with E-state index >= 15 is 0 Å². The van der Waals surface area contributed by atoms with Crippen molar-refractivity contribution in [2.45, 2.75) is 26.2 Å². The lowest BCUT2D eigenvalue weighted by atomic mass is 9.85. The molecule has 1 saturated carbocycles. The molecule has 1 aromatic carbocycles. The first kappa shape index (κ1) is 11.2. The zero-order valence-corrected chi connectivity index (χ0v) is 9.96. The van der Waals surface area contributed by atoms with Crippen LogP contribution in [0.1, 0.15) is 24.8 Å². The normalized spacial score (nSPS) is 15.9.